The maximum Gasteiger partial charge on any atom is 0.229 e. The Hall–Kier alpha value is -0.783. The topological polar surface area (TPSA) is 38.3 Å². The van der Waals surface area contributed by atoms with Gasteiger partial charge in [-0.25, -0.2) is 0 Å². The predicted molar refractivity (Wildman–Crippen MR) is 100 cm³/mol. The number of amides is 1. The summed E-state index contributed by atoms with van der Waals surface area (Å²) in [6, 6.07) is 10.2. The first kappa shape index (κ1) is 18.6. The second-order valence-electron chi connectivity index (χ2n) is 7.71. The van der Waals surface area contributed by atoms with Crippen LogP contribution in [0.25, 0.3) is 0 Å². The van der Waals surface area contributed by atoms with Crippen LogP contribution in [0.4, 0.5) is 0 Å². The highest BCUT2D eigenvalue weighted by molar-refractivity contribution is 8.00. The number of β-lactam (4-membered cyclic amide) rings is 1. The first-order valence-electron chi connectivity index (χ1n) is 8.35. The van der Waals surface area contributed by atoms with Crippen LogP contribution in [0.3, 0.4) is 0 Å². The monoisotopic (exact) mass is 351 g/mol. The van der Waals surface area contributed by atoms with Crippen molar-refractivity contribution in [1.82, 2.24) is 5.32 Å². The van der Waals surface area contributed by atoms with Gasteiger partial charge < -0.3 is 9.74 Å². The fraction of sp³-hybridized carbons (Fsp3) is 0.611. The molecule has 0 aliphatic carbocycles. The highest BCUT2D eigenvalue weighted by atomic mass is 32.2. The first-order chi connectivity index (χ1) is 10.7. The van der Waals surface area contributed by atoms with Gasteiger partial charge in [0.1, 0.15) is 0 Å². The van der Waals surface area contributed by atoms with Gasteiger partial charge in [0.05, 0.1) is 17.4 Å². The van der Waals surface area contributed by atoms with E-state index in [1.54, 1.807) is 11.8 Å². The average Bonchev–Trinajstić information content (AvgIpc) is 2.45. The Bertz CT molecular complexity index is 542. The second-order valence-corrected chi connectivity index (χ2v) is 13.7. The maximum atomic E-state index is 12.2. The lowest BCUT2D eigenvalue weighted by Crippen LogP contribution is -2.62. The van der Waals surface area contributed by atoms with Crippen molar-refractivity contribution in [3.8, 4) is 0 Å². The summed E-state index contributed by atoms with van der Waals surface area (Å²) >= 11 is 1.72. The predicted octanol–water partition coefficient (Wildman–Crippen LogP) is 4.65. The Morgan fingerprint density at radius 2 is 1.87 bits per heavy atom. The Labute approximate surface area is 145 Å². The van der Waals surface area contributed by atoms with E-state index in [2.05, 4.69) is 58.2 Å². The molecule has 5 heteroatoms. The molecule has 1 amide bonds. The van der Waals surface area contributed by atoms with Crippen molar-refractivity contribution in [2.45, 2.75) is 68.6 Å². The summed E-state index contributed by atoms with van der Waals surface area (Å²) in [6.45, 7) is 13.3. The number of carbonyl (C=O) groups is 1. The fourth-order valence-corrected chi connectivity index (χ4v) is 5.10. The minimum absolute atomic E-state index is 0.00542. The van der Waals surface area contributed by atoms with Crippen molar-refractivity contribution < 1.29 is 9.22 Å². The molecule has 23 heavy (non-hydrogen) atoms. The van der Waals surface area contributed by atoms with E-state index in [4.69, 9.17) is 4.43 Å². The SMILES string of the molecule is CCC(O[Si](C)(C)C(C)(C)C)[C@@H]1C(=O)N[C@H]1Sc1ccccc1. The lowest BCUT2D eigenvalue weighted by molar-refractivity contribution is -0.137. The molecule has 0 radical (unpaired) electrons. The van der Waals surface area contributed by atoms with E-state index in [-0.39, 0.29) is 28.3 Å². The molecule has 0 aromatic heterocycles. The third-order valence-electron chi connectivity index (χ3n) is 4.97. The molecular weight excluding hydrogens is 322 g/mol. The molecule has 1 N–H and O–H groups in total. The van der Waals surface area contributed by atoms with Gasteiger partial charge in [-0.1, -0.05) is 45.9 Å². The number of nitrogens with one attached hydrogen (secondary N) is 1. The van der Waals surface area contributed by atoms with Gasteiger partial charge in [-0.05, 0) is 36.7 Å². The smallest absolute Gasteiger partial charge is 0.229 e. The normalized spacial score (nSPS) is 23.1. The van der Waals surface area contributed by atoms with Crippen molar-refractivity contribution in [2.75, 3.05) is 0 Å². The highest BCUT2D eigenvalue weighted by Crippen LogP contribution is 2.41. The molecule has 2 rings (SSSR count). The van der Waals surface area contributed by atoms with E-state index < -0.39 is 8.32 Å². The number of hydrogen-bond donors (Lipinski definition) is 1. The van der Waals surface area contributed by atoms with Crippen LogP contribution in [0.5, 0.6) is 0 Å². The zero-order chi connectivity index (χ0) is 17.3. The number of thioether (sulfide) groups is 1. The van der Waals surface area contributed by atoms with Crippen LogP contribution in [-0.2, 0) is 9.22 Å². The second kappa shape index (κ2) is 6.99. The van der Waals surface area contributed by atoms with Crippen molar-refractivity contribution in [2.24, 2.45) is 5.92 Å². The summed E-state index contributed by atoms with van der Waals surface area (Å²) in [7, 11) is -1.87. The average molecular weight is 352 g/mol. The zero-order valence-electron chi connectivity index (χ0n) is 15.1. The Morgan fingerprint density at radius 3 is 2.35 bits per heavy atom. The van der Waals surface area contributed by atoms with Gasteiger partial charge in [0.15, 0.2) is 8.32 Å². The lowest BCUT2D eigenvalue weighted by atomic mass is 9.93. The minimum atomic E-state index is -1.87. The number of carbonyl (C=O) groups excluding carboxylic acids is 1. The Kier molecular flexibility index (Phi) is 5.64. The van der Waals surface area contributed by atoms with Gasteiger partial charge >= 0.3 is 0 Å². The molecule has 1 heterocycles. The summed E-state index contributed by atoms with van der Waals surface area (Å²) in [5.41, 5.74) is 0. The van der Waals surface area contributed by atoms with Gasteiger partial charge in [-0.3, -0.25) is 4.79 Å². The summed E-state index contributed by atoms with van der Waals surface area (Å²) in [5.74, 6) is 0.0725. The highest BCUT2D eigenvalue weighted by Gasteiger charge is 2.48. The van der Waals surface area contributed by atoms with Crippen LogP contribution in [0.1, 0.15) is 34.1 Å². The molecular formula is C18H29NO2SSi. The maximum absolute atomic E-state index is 12.2. The van der Waals surface area contributed by atoms with Crippen molar-refractivity contribution in [1.29, 1.82) is 0 Å². The largest absolute Gasteiger partial charge is 0.413 e. The molecule has 0 spiro atoms. The third-order valence-corrected chi connectivity index (χ3v) is 10.7. The van der Waals surface area contributed by atoms with Crippen LogP contribution in [0.2, 0.25) is 18.1 Å². The van der Waals surface area contributed by atoms with Gasteiger partial charge in [0.2, 0.25) is 5.91 Å². The summed E-state index contributed by atoms with van der Waals surface area (Å²) in [5, 5.41) is 3.31. The molecule has 1 aromatic carbocycles. The van der Waals surface area contributed by atoms with Crippen LogP contribution < -0.4 is 5.32 Å². The number of hydrogen-bond acceptors (Lipinski definition) is 3. The van der Waals surface area contributed by atoms with Crippen LogP contribution in [-0.4, -0.2) is 25.7 Å². The molecule has 128 valence electrons. The fourth-order valence-electron chi connectivity index (χ4n) is 2.45. The van der Waals surface area contributed by atoms with E-state index >= 15 is 0 Å². The van der Waals surface area contributed by atoms with E-state index in [0.29, 0.717) is 0 Å². The molecule has 1 unspecified atom stereocenters. The van der Waals surface area contributed by atoms with Crippen molar-refractivity contribution >= 4 is 26.0 Å². The first-order valence-corrected chi connectivity index (χ1v) is 12.1. The van der Waals surface area contributed by atoms with E-state index in [0.717, 1.165) is 6.42 Å². The van der Waals surface area contributed by atoms with Crippen LogP contribution in [0.15, 0.2) is 35.2 Å². The van der Waals surface area contributed by atoms with E-state index in [1.165, 1.54) is 4.90 Å². The van der Waals surface area contributed by atoms with E-state index in [1.807, 2.05) is 18.2 Å². The number of rotatable bonds is 6. The van der Waals surface area contributed by atoms with Crippen molar-refractivity contribution in [3.63, 3.8) is 0 Å². The molecule has 1 saturated heterocycles. The van der Waals surface area contributed by atoms with Gasteiger partial charge in [-0.15, -0.1) is 11.8 Å². The molecule has 1 fully saturated rings. The van der Waals surface area contributed by atoms with Crippen LogP contribution in [0, 0.1) is 5.92 Å². The van der Waals surface area contributed by atoms with Crippen LogP contribution >= 0.6 is 11.8 Å². The molecule has 0 saturated carbocycles. The zero-order valence-corrected chi connectivity index (χ0v) is 16.9. The molecule has 1 aromatic rings. The summed E-state index contributed by atoms with van der Waals surface area (Å²) < 4.78 is 6.56. The van der Waals surface area contributed by atoms with Gasteiger partial charge in [0, 0.05) is 4.90 Å². The minimum Gasteiger partial charge on any atom is -0.413 e. The molecule has 3 nitrogen and oxygen atoms in total. The van der Waals surface area contributed by atoms with Gasteiger partial charge in [-0.2, -0.15) is 0 Å². The summed E-state index contributed by atoms with van der Waals surface area (Å²) in [4.78, 5) is 13.4. The third kappa shape index (κ3) is 4.20. The lowest BCUT2D eigenvalue weighted by Gasteiger charge is -2.46. The molecule has 0 bridgehead atoms. The Balaban J connectivity index is 2.08. The molecule has 3 atom stereocenters. The molecule has 1 aliphatic heterocycles. The van der Waals surface area contributed by atoms with E-state index in [9.17, 15) is 4.79 Å². The van der Waals surface area contributed by atoms with Crippen molar-refractivity contribution in [3.05, 3.63) is 30.3 Å². The van der Waals surface area contributed by atoms with Gasteiger partial charge in [0.25, 0.3) is 0 Å². The standard InChI is InChI=1S/C18H29NO2SSi/c1-7-14(21-23(5,6)18(2,3)4)15-16(20)19-17(15)22-13-11-9-8-10-12-13/h8-12,14-15,17H,7H2,1-6H3,(H,19,20)/t14?,15-,17+/m1/s1. The summed E-state index contributed by atoms with van der Waals surface area (Å²) in [6.07, 6.45) is 0.877. The Morgan fingerprint density at radius 1 is 1.26 bits per heavy atom. The molecule has 1 aliphatic rings. The number of benzene rings is 1. The quantitative estimate of drug-likeness (QED) is 0.599.